The van der Waals surface area contributed by atoms with Gasteiger partial charge in [-0.15, -0.1) is 0 Å². The number of benzene rings is 1. The summed E-state index contributed by atoms with van der Waals surface area (Å²) >= 11 is 5.69. The van der Waals surface area contributed by atoms with E-state index in [1.165, 1.54) is 0 Å². The molecule has 1 atom stereocenters. The lowest BCUT2D eigenvalue weighted by Gasteiger charge is -2.24. The number of nitrogens with one attached hydrogen (secondary N) is 2. The van der Waals surface area contributed by atoms with Gasteiger partial charge in [0.2, 0.25) is 0 Å². The summed E-state index contributed by atoms with van der Waals surface area (Å²) in [6, 6.07) is 12.3. The largest absolute Gasteiger partial charge is 0.384 e. The molecule has 2 rings (SSSR count). The molecule has 1 aromatic heterocycles. The molecule has 0 aliphatic carbocycles. The van der Waals surface area contributed by atoms with E-state index in [0.717, 1.165) is 11.1 Å². The SMILES string of the molecule is CC(O)(CNC(=O)NCc1ccc(Cl)nc1)c1ccccc1. The summed E-state index contributed by atoms with van der Waals surface area (Å²) in [6.07, 6.45) is 1.60. The average molecular weight is 320 g/mol. The van der Waals surface area contributed by atoms with E-state index in [-0.39, 0.29) is 12.6 Å². The fourth-order valence-electron chi connectivity index (χ4n) is 1.91. The minimum absolute atomic E-state index is 0.113. The number of aliphatic hydroxyl groups is 1. The van der Waals surface area contributed by atoms with Crippen molar-refractivity contribution in [1.82, 2.24) is 15.6 Å². The number of aromatic nitrogens is 1. The van der Waals surface area contributed by atoms with E-state index in [9.17, 15) is 9.90 Å². The number of urea groups is 1. The second kappa shape index (κ2) is 7.24. The fourth-order valence-corrected chi connectivity index (χ4v) is 2.02. The minimum Gasteiger partial charge on any atom is -0.384 e. The number of pyridine rings is 1. The lowest BCUT2D eigenvalue weighted by Crippen LogP contribution is -2.43. The fraction of sp³-hybridized carbons (Fsp3) is 0.250. The van der Waals surface area contributed by atoms with Crippen LogP contribution in [0.5, 0.6) is 0 Å². The standard InChI is InChI=1S/C16H18ClN3O2/c1-16(22,13-5-3-2-4-6-13)11-20-15(21)19-10-12-7-8-14(17)18-9-12/h2-9,22H,10-11H2,1H3,(H2,19,20,21). The summed E-state index contributed by atoms with van der Waals surface area (Å²) in [5.74, 6) is 0. The molecule has 1 aromatic carbocycles. The summed E-state index contributed by atoms with van der Waals surface area (Å²) in [5.41, 5.74) is 0.465. The second-order valence-electron chi connectivity index (χ2n) is 5.17. The summed E-state index contributed by atoms with van der Waals surface area (Å²) in [6.45, 7) is 2.11. The highest BCUT2D eigenvalue weighted by Gasteiger charge is 2.23. The van der Waals surface area contributed by atoms with Crippen LogP contribution >= 0.6 is 11.6 Å². The minimum atomic E-state index is -1.12. The Bertz CT molecular complexity index is 615. The van der Waals surface area contributed by atoms with Crippen molar-refractivity contribution in [3.05, 3.63) is 64.9 Å². The van der Waals surface area contributed by atoms with E-state index >= 15 is 0 Å². The van der Waals surface area contributed by atoms with Gasteiger partial charge >= 0.3 is 6.03 Å². The third-order valence-electron chi connectivity index (χ3n) is 3.23. The van der Waals surface area contributed by atoms with Crippen molar-refractivity contribution in [2.45, 2.75) is 19.1 Å². The molecule has 0 saturated heterocycles. The molecule has 116 valence electrons. The molecule has 0 saturated carbocycles. The van der Waals surface area contributed by atoms with Crippen molar-refractivity contribution in [3.8, 4) is 0 Å². The van der Waals surface area contributed by atoms with Gasteiger partial charge < -0.3 is 15.7 Å². The zero-order valence-corrected chi connectivity index (χ0v) is 13.0. The first-order valence-corrected chi connectivity index (χ1v) is 7.25. The molecule has 0 aliphatic heterocycles. The number of rotatable bonds is 5. The molecule has 2 amide bonds. The Morgan fingerprint density at radius 3 is 2.59 bits per heavy atom. The lowest BCUT2D eigenvalue weighted by molar-refractivity contribution is 0.0594. The predicted molar refractivity (Wildman–Crippen MR) is 85.5 cm³/mol. The molecule has 1 heterocycles. The van der Waals surface area contributed by atoms with Crippen LogP contribution in [0.15, 0.2) is 48.7 Å². The average Bonchev–Trinajstić information content (AvgIpc) is 2.53. The molecule has 0 fully saturated rings. The van der Waals surface area contributed by atoms with Crippen LogP contribution in [0.25, 0.3) is 0 Å². The molecule has 0 spiro atoms. The van der Waals surface area contributed by atoms with E-state index in [0.29, 0.717) is 11.7 Å². The van der Waals surface area contributed by atoms with Crippen molar-refractivity contribution in [2.75, 3.05) is 6.54 Å². The Kier molecular flexibility index (Phi) is 5.35. The maximum atomic E-state index is 11.8. The van der Waals surface area contributed by atoms with E-state index in [1.807, 2.05) is 30.3 Å². The topological polar surface area (TPSA) is 74.2 Å². The Hall–Kier alpha value is -2.11. The van der Waals surface area contributed by atoms with Gasteiger partial charge in [-0.2, -0.15) is 0 Å². The number of hydrogen-bond donors (Lipinski definition) is 3. The molecule has 0 aliphatic rings. The lowest BCUT2D eigenvalue weighted by atomic mass is 9.96. The normalized spacial score (nSPS) is 13.2. The maximum absolute atomic E-state index is 11.8. The highest BCUT2D eigenvalue weighted by atomic mass is 35.5. The van der Waals surface area contributed by atoms with Crippen molar-refractivity contribution in [3.63, 3.8) is 0 Å². The molecular formula is C16H18ClN3O2. The van der Waals surface area contributed by atoms with Gasteiger partial charge in [-0.25, -0.2) is 9.78 Å². The summed E-state index contributed by atoms with van der Waals surface area (Å²) < 4.78 is 0. The smallest absolute Gasteiger partial charge is 0.315 e. The summed E-state index contributed by atoms with van der Waals surface area (Å²) in [4.78, 5) is 15.7. The molecule has 0 bridgehead atoms. The van der Waals surface area contributed by atoms with Crippen molar-refractivity contribution < 1.29 is 9.90 Å². The monoisotopic (exact) mass is 319 g/mol. The number of nitrogens with zero attached hydrogens (tertiary/aromatic N) is 1. The highest BCUT2D eigenvalue weighted by Crippen LogP contribution is 2.18. The first kappa shape index (κ1) is 16.3. The third kappa shape index (κ3) is 4.72. The van der Waals surface area contributed by atoms with E-state index < -0.39 is 5.60 Å². The second-order valence-corrected chi connectivity index (χ2v) is 5.55. The van der Waals surface area contributed by atoms with Crippen LogP contribution < -0.4 is 10.6 Å². The van der Waals surface area contributed by atoms with Crippen LogP contribution in [-0.2, 0) is 12.1 Å². The highest BCUT2D eigenvalue weighted by molar-refractivity contribution is 6.29. The van der Waals surface area contributed by atoms with Crippen molar-refractivity contribution in [2.24, 2.45) is 0 Å². The van der Waals surface area contributed by atoms with Gasteiger partial charge in [-0.3, -0.25) is 0 Å². The predicted octanol–water partition coefficient (Wildman–Crippen LogP) is 2.44. The molecule has 0 radical (unpaired) electrons. The van der Waals surface area contributed by atoms with Gasteiger partial charge in [0.1, 0.15) is 10.8 Å². The van der Waals surface area contributed by atoms with Crippen LogP contribution in [0, 0.1) is 0 Å². The van der Waals surface area contributed by atoms with Crippen molar-refractivity contribution in [1.29, 1.82) is 0 Å². The van der Waals surface area contributed by atoms with E-state index in [4.69, 9.17) is 11.6 Å². The first-order chi connectivity index (χ1) is 10.5. The Morgan fingerprint density at radius 1 is 1.23 bits per heavy atom. The van der Waals surface area contributed by atoms with Gasteiger partial charge in [0, 0.05) is 12.7 Å². The van der Waals surface area contributed by atoms with Crippen LogP contribution in [0.2, 0.25) is 5.15 Å². The molecular weight excluding hydrogens is 302 g/mol. The van der Waals surface area contributed by atoms with Crippen LogP contribution in [0.4, 0.5) is 4.79 Å². The maximum Gasteiger partial charge on any atom is 0.315 e. The molecule has 6 heteroatoms. The summed E-state index contributed by atoms with van der Waals surface area (Å²) in [7, 11) is 0. The van der Waals surface area contributed by atoms with Crippen molar-refractivity contribution >= 4 is 17.6 Å². The third-order valence-corrected chi connectivity index (χ3v) is 3.45. The van der Waals surface area contributed by atoms with Gasteiger partial charge in [0.05, 0.1) is 6.54 Å². The van der Waals surface area contributed by atoms with Crippen LogP contribution in [-0.4, -0.2) is 22.7 Å². The Balaban J connectivity index is 1.81. The summed E-state index contributed by atoms with van der Waals surface area (Å²) in [5, 5.41) is 16.1. The number of hydrogen-bond acceptors (Lipinski definition) is 3. The molecule has 5 nitrogen and oxygen atoms in total. The number of amides is 2. The number of carbonyl (C=O) groups is 1. The number of halogens is 1. The van der Waals surface area contributed by atoms with E-state index in [1.54, 1.807) is 25.3 Å². The molecule has 3 N–H and O–H groups in total. The van der Waals surface area contributed by atoms with Gasteiger partial charge in [-0.1, -0.05) is 48.0 Å². The first-order valence-electron chi connectivity index (χ1n) is 6.87. The Morgan fingerprint density at radius 2 is 1.95 bits per heavy atom. The van der Waals surface area contributed by atoms with Crippen LogP contribution in [0.3, 0.4) is 0 Å². The van der Waals surface area contributed by atoms with Gasteiger partial charge in [0.25, 0.3) is 0 Å². The zero-order chi connectivity index (χ0) is 16.0. The number of carbonyl (C=O) groups excluding carboxylic acids is 1. The van der Waals surface area contributed by atoms with Gasteiger partial charge in [-0.05, 0) is 24.1 Å². The quantitative estimate of drug-likeness (QED) is 0.741. The molecule has 2 aromatic rings. The zero-order valence-electron chi connectivity index (χ0n) is 12.2. The molecule has 22 heavy (non-hydrogen) atoms. The van der Waals surface area contributed by atoms with E-state index in [2.05, 4.69) is 15.6 Å². The molecule has 1 unspecified atom stereocenters. The van der Waals surface area contributed by atoms with Crippen LogP contribution in [0.1, 0.15) is 18.1 Å². The van der Waals surface area contributed by atoms with Gasteiger partial charge in [0.15, 0.2) is 0 Å². The Labute approximate surface area is 134 Å².